The first-order valence-corrected chi connectivity index (χ1v) is 15.0. The maximum Gasteiger partial charge on any atom is 0.456 e. The van der Waals surface area contributed by atoms with Crippen molar-refractivity contribution in [2.24, 2.45) is 22.7 Å². The van der Waals surface area contributed by atoms with Gasteiger partial charge in [-0.05, 0) is 67.1 Å². The highest BCUT2D eigenvalue weighted by Crippen LogP contribution is 2.71. The zero-order chi connectivity index (χ0) is 30.6. The van der Waals surface area contributed by atoms with Crippen molar-refractivity contribution in [2.75, 3.05) is 13.2 Å². The molecule has 1 aromatic rings. The Morgan fingerprint density at radius 2 is 1.57 bits per heavy atom. The van der Waals surface area contributed by atoms with Crippen molar-refractivity contribution >= 4 is 6.08 Å². The molecule has 3 saturated carbocycles. The van der Waals surface area contributed by atoms with Crippen LogP contribution in [0.2, 0.25) is 0 Å². The summed E-state index contributed by atoms with van der Waals surface area (Å²) in [6, 6.07) is 7.41. The van der Waals surface area contributed by atoms with Crippen LogP contribution in [0, 0.1) is 22.7 Å². The molecule has 6 rings (SSSR count). The number of alkyl halides is 5. The molecule has 1 saturated heterocycles. The molecular formula is C33H41F5O4. The second kappa shape index (κ2) is 9.35. The maximum atomic E-state index is 15.2. The highest BCUT2D eigenvalue weighted by Gasteiger charge is 2.79. The zero-order valence-corrected chi connectivity index (χ0v) is 24.5. The summed E-state index contributed by atoms with van der Waals surface area (Å²) < 4.78 is 84.3. The molecule has 2 N–H and O–H groups in total. The molecule has 9 heteroatoms. The number of hydrogen-bond donors (Lipinski definition) is 2. The lowest BCUT2D eigenvalue weighted by atomic mass is 9.49. The summed E-state index contributed by atoms with van der Waals surface area (Å²) in [6.07, 6.45) is -2.83. The minimum atomic E-state index is -5.88. The summed E-state index contributed by atoms with van der Waals surface area (Å²) in [5, 5.41) is 23.7. The molecule has 1 spiro atoms. The van der Waals surface area contributed by atoms with Crippen molar-refractivity contribution in [1.82, 2.24) is 0 Å². The van der Waals surface area contributed by atoms with Crippen molar-refractivity contribution in [2.45, 2.75) is 107 Å². The van der Waals surface area contributed by atoms with Crippen molar-refractivity contribution < 1.29 is 41.6 Å². The fraction of sp³-hybridized carbons (Fsp3) is 0.697. The standard InChI is InChI=1S/C33H41F5O4/c1-5-20-6-8-21(9-7-20)23-16-28(4)24(12-15-31(28,40)32(34,35)33(36,37)38)22-10-13-29(39)17-30(14-11-25(29)26(22)23)41-18-27(2,3)19-42-30/h5-9,22-24,39-40H,1,10-19H2,2-4H3/t22-,23+,24-,28-,29+,31-/m0/s1. The average Bonchev–Trinajstić information content (AvgIpc) is 3.20. The number of halogens is 5. The lowest BCUT2D eigenvalue weighted by Crippen LogP contribution is -2.65. The molecule has 1 aromatic carbocycles. The number of rotatable bonds is 3. The van der Waals surface area contributed by atoms with E-state index in [-0.39, 0.29) is 30.6 Å². The van der Waals surface area contributed by atoms with Gasteiger partial charge in [-0.3, -0.25) is 0 Å². The third kappa shape index (κ3) is 4.20. The smallest absolute Gasteiger partial charge is 0.385 e. The molecule has 4 nitrogen and oxygen atoms in total. The minimum Gasteiger partial charge on any atom is -0.385 e. The van der Waals surface area contributed by atoms with Gasteiger partial charge in [0.15, 0.2) is 5.79 Å². The second-order valence-electron chi connectivity index (χ2n) is 14.6. The Hall–Kier alpha value is -1.81. The lowest BCUT2D eigenvalue weighted by molar-refractivity contribution is -0.362. The van der Waals surface area contributed by atoms with E-state index >= 15 is 8.78 Å². The van der Waals surface area contributed by atoms with Crippen LogP contribution >= 0.6 is 0 Å². The van der Waals surface area contributed by atoms with Gasteiger partial charge in [0.25, 0.3) is 0 Å². The summed E-state index contributed by atoms with van der Waals surface area (Å²) in [5.41, 5.74) is -2.89. The van der Waals surface area contributed by atoms with Crippen LogP contribution in [-0.2, 0) is 9.47 Å². The van der Waals surface area contributed by atoms with E-state index in [1.54, 1.807) is 6.08 Å². The van der Waals surface area contributed by atoms with Crippen molar-refractivity contribution in [3.63, 3.8) is 0 Å². The fourth-order valence-corrected chi connectivity index (χ4v) is 9.17. The van der Waals surface area contributed by atoms with E-state index in [2.05, 4.69) is 20.4 Å². The van der Waals surface area contributed by atoms with Gasteiger partial charge in [0.1, 0.15) is 5.60 Å². The molecule has 0 amide bonds. The van der Waals surface area contributed by atoms with E-state index in [9.17, 15) is 23.4 Å². The van der Waals surface area contributed by atoms with Crippen LogP contribution in [0.25, 0.3) is 6.08 Å². The Kier molecular flexibility index (Phi) is 6.73. The molecule has 4 fully saturated rings. The average molecular weight is 597 g/mol. The lowest BCUT2D eigenvalue weighted by Gasteiger charge is -2.59. The van der Waals surface area contributed by atoms with Gasteiger partial charge in [-0.25, -0.2) is 0 Å². The monoisotopic (exact) mass is 596 g/mol. The molecule has 5 aliphatic rings. The van der Waals surface area contributed by atoms with Crippen LogP contribution < -0.4 is 0 Å². The third-order valence-electron chi connectivity index (χ3n) is 11.5. The first-order chi connectivity index (χ1) is 19.4. The molecule has 0 aromatic heterocycles. The Morgan fingerprint density at radius 3 is 2.17 bits per heavy atom. The van der Waals surface area contributed by atoms with Gasteiger partial charge in [-0.2, -0.15) is 22.0 Å². The van der Waals surface area contributed by atoms with Gasteiger partial charge in [0.2, 0.25) is 0 Å². The first kappa shape index (κ1) is 30.2. The molecule has 0 radical (unpaired) electrons. The topological polar surface area (TPSA) is 58.9 Å². The molecule has 232 valence electrons. The maximum absolute atomic E-state index is 15.2. The number of aliphatic hydroxyl groups is 2. The van der Waals surface area contributed by atoms with Crippen LogP contribution in [0.1, 0.15) is 89.2 Å². The number of allylic oxidation sites excluding steroid dienone is 1. The number of benzene rings is 1. The van der Waals surface area contributed by atoms with Gasteiger partial charge < -0.3 is 19.7 Å². The first-order valence-electron chi connectivity index (χ1n) is 15.0. The highest BCUT2D eigenvalue weighted by molar-refractivity contribution is 5.50. The van der Waals surface area contributed by atoms with E-state index in [4.69, 9.17) is 9.47 Å². The van der Waals surface area contributed by atoms with Crippen LogP contribution in [0.3, 0.4) is 0 Å². The summed E-state index contributed by atoms with van der Waals surface area (Å²) in [7, 11) is 0. The van der Waals surface area contributed by atoms with Crippen molar-refractivity contribution in [1.29, 1.82) is 0 Å². The Labute approximate surface area is 244 Å². The van der Waals surface area contributed by atoms with E-state index in [0.29, 0.717) is 38.9 Å². The van der Waals surface area contributed by atoms with Gasteiger partial charge >= 0.3 is 12.1 Å². The Morgan fingerprint density at radius 1 is 0.929 bits per heavy atom. The molecule has 42 heavy (non-hydrogen) atoms. The van der Waals surface area contributed by atoms with E-state index in [1.807, 2.05) is 24.3 Å². The molecule has 4 aliphatic carbocycles. The Balaban J connectivity index is 1.46. The summed E-state index contributed by atoms with van der Waals surface area (Å²) in [4.78, 5) is 0. The molecule has 1 heterocycles. The van der Waals surface area contributed by atoms with Crippen LogP contribution in [0.15, 0.2) is 42.0 Å². The minimum absolute atomic E-state index is 0.0614. The van der Waals surface area contributed by atoms with Gasteiger partial charge in [-0.1, -0.05) is 63.3 Å². The SMILES string of the molecule is C=Cc1ccc([C@H]2C[C@@]3(C)[C@@H](CC[C@@]3(O)C(F)(F)C(F)(F)F)[C@@H]3CC[C@@]4(O)CC5(CCC4=C32)OCC(C)(C)CO5)cc1. The number of hydrogen-bond acceptors (Lipinski definition) is 4. The molecule has 0 bridgehead atoms. The Bertz CT molecular complexity index is 1280. The van der Waals surface area contributed by atoms with E-state index in [0.717, 1.165) is 22.3 Å². The summed E-state index contributed by atoms with van der Waals surface area (Å²) >= 11 is 0. The molecule has 0 unspecified atom stereocenters. The van der Waals surface area contributed by atoms with Crippen molar-refractivity contribution in [3.8, 4) is 0 Å². The van der Waals surface area contributed by atoms with E-state index < -0.39 is 52.8 Å². The molecular weight excluding hydrogens is 555 g/mol. The largest absolute Gasteiger partial charge is 0.456 e. The molecule has 1 aliphatic heterocycles. The van der Waals surface area contributed by atoms with Crippen LogP contribution in [-0.4, -0.2) is 52.5 Å². The highest BCUT2D eigenvalue weighted by atomic mass is 19.4. The van der Waals surface area contributed by atoms with Gasteiger partial charge in [0.05, 0.1) is 18.8 Å². The normalized spacial score (nSPS) is 39.4. The quantitative estimate of drug-likeness (QED) is 0.280. The second-order valence-corrected chi connectivity index (χ2v) is 14.6. The van der Waals surface area contributed by atoms with Gasteiger partial charge in [0, 0.05) is 29.6 Å². The van der Waals surface area contributed by atoms with Crippen LogP contribution in [0.4, 0.5) is 22.0 Å². The number of fused-ring (bicyclic) bond motifs is 4. The van der Waals surface area contributed by atoms with E-state index in [1.165, 1.54) is 6.92 Å². The summed E-state index contributed by atoms with van der Waals surface area (Å²) in [6.45, 7) is 10.3. The van der Waals surface area contributed by atoms with Crippen molar-refractivity contribution in [3.05, 3.63) is 53.1 Å². The van der Waals surface area contributed by atoms with Gasteiger partial charge in [-0.15, -0.1) is 0 Å². The molecule has 6 atom stereocenters. The number of ether oxygens (including phenoxy) is 2. The zero-order valence-electron chi connectivity index (χ0n) is 24.5. The van der Waals surface area contributed by atoms with Crippen LogP contribution in [0.5, 0.6) is 0 Å². The third-order valence-corrected chi connectivity index (χ3v) is 11.5. The predicted molar refractivity (Wildman–Crippen MR) is 148 cm³/mol. The fourth-order valence-electron chi connectivity index (χ4n) is 9.17. The predicted octanol–water partition coefficient (Wildman–Crippen LogP) is 7.55. The summed E-state index contributed by atoms with van der Waals surface area (Å²) in [5.74, 6) is -7.62.